The zero-order valence-corrected chi connectivity index (χ0v) is 21.8. The summed E-state index contributed by atoms with van der Waals surface area (Å²) in [7, 11) is 1.91. The summed E-state index contributed by atoms with van der Waals surface area (Å²) in [6.07, 6.45) is 0. The molecule has 4 amide bonds. The van der Waals surface area contributed by atoms with Crippen molar-refractivity contribution in [3.05, 3.63) is 70.5 Å². The summed E-state index contributed by atoms with van der Waals surface area (Å²) in [6, 6.07) is 12.7. The van der Waals surface area contributed by atoms with Crippen molar-refractivity contribution < 1.29 is 19.1 Å². The molecule has 1 saturated heterocycles. The minimum atomic E-state index is -1.34. The van der Waals surface area contributed by atoms with Crippen LogP contribution in [-0.4, -0.2) is 57.1 Å². The van der Waals surface area contributed by atoms with Crippen molar-refractivity contribution in [3.63, 3.8) is 0 Å². The van der Waals surface area contributed by atoms with Crippen molar-refractivity contribution >= 4 is 17.8 Å². The molecule has 0 unspecified atom stereocenters. The smallest absolute Gasteiger partial charge is 0.325 e. The predicted octanol–water partition coefficient (Wildman–Crippen LogP) is 3.53. The number of nitrogens with one attached hydrogen (secondary N) is 1. The summed E-state index contributed by atoms with van der Waals surface area (Å²) in [6.45, 7) is 8.91. The van der Waals surface area contributed by atoms with Gasteiger partial charge in [-0.05, 0) is 56.5 Å². The average Bonchev–Trinajstić information content (AvgIpc) is 3.42. The van der Waals surface area contributed by atoms with Crippen LogP contribution in [0.25, 0.3) is 11.1 Å². The monoisotopic (exact) mass is 501 g/mol. The molecule has 1 aromatic heterocycles. The van der Waals surface area contributed by atoms with Crippen molar-refractivity contribution in [1.29, 1.82) is 0 Å². The Kier molecular flexibility index (Phi) is 6.01. The lowest BCUT2D eigenvalue weighted by molar-refractivity contribution is -0.127. The Morgan fingerprint density at radius 1 is 1.05 bits per heavy atom. The van der Waals surface area contributed by atoms with Gasteiger partial charge in [-0.15, -0.1) is 0 Å². The third-order valence-corrected chi connectivity index (χ3v) is 7.47. The van der Waals surface area contributed by atoms with Crippen LogP contribution in [0.1, 0.15) is 46.7 Å². The number of carbonyl (C=O) groups excluding carboxylic acids is 3. The second-order valence-corrected chi connectivity index (χ2v) is 9.52. The van der Waals surface area contributed by atoms with E-state index in [2.05, 4.69) is 10.4 Å². The highest BCUT2D eigenvalue weighted by molar-refractivity contribution is 6.08. The molecule has 0 aliphatic carbocycles. The summed E-state index contributed by atoms with van der Waals surface area (Å²) in [5.74, 6) is 0.0173. The van der Waals surface area contributed by atoms with E-state index in [-0.39, 0.29) is 12.5 Å². The topological polar surface area (TPSA) is 96.8 Å². The molecular formula is C28H31N5O4. The summed E-state index contributed by atoms with van der Waals surface area (Å²) in [5.41, 5.74) is 4.71. The zero-order chi connectivity index (χ0) is 26.5. The number of aryl methyl sites for hydroxylation is 2. The molecule has 192 valence electrons. The van der Waals surface area contributed by atoms with E-state index >= 15 is 0 Å². The maximum Gasteiger partial charge on any atom is 0.325 e. The number of carbonyl (C=O) groups is 3. The first kappa shape index (κ1) is 24.5. The maximum atomic E-state index is 13.5. The van der Waals surface area contributed by atoms with Crippen LogP contribution in [0.5, 0.6) is 5.75 Å². The maximum absolute atomic E-state index is 13.5. The number of rotatable bonds is 7. The number of fused-ring (bicyclic) bond motifs is 1. The summed E-state index contributed by atoms with van der Waals surface area (Å²) >= 11 is 0. The number of aromatic nitrogens is 2. The lowest BCUT2D eigenvalue weighted by Gasteiger charge is -2.38. The van der Waals surface area contributed by atoms with Crippen molar-refractivity contribution in [2.24, 2.45) is 7.05 Å². The Hall–Kier alpha value is -4.14. The van der Waals surface area contributed by atoms with E-state index in [1.807, 2.05) is 75.8 Å². The first-order chi connectivity index (χ1) is 17.7. The highest BCUT2D eigenvalue weighted by atomic mass is 16.5. The second kappa shape index (κ2) is 9.06. The molecule has 2 aliphatic heterocycles. The minimum Gasteiger partial charge on any atom is -0.494 e. The fourth-order valence-corrected chi connectivity index (χ4v) is 5.62. The van der Waals surface area contributed by atoms with Gasteiger partial charge in [0.05, 0.1) is 18.8 Å². The number of amides is 4. The molecule has 0 spiro atoms. The van der Waals surface area contributed by atoms with Gasteiger partial charge in [-0.1, -0.05) is 30.3 Å². The van der Waals surface area contributed by atoms with Gasteiger partial charge in [0, 0.05) is 37.0 Å². The molecule has 1 N–H and O–H groups in total. The second-order valence-electron chi connectivity index (χ2n) is 9.52. The van der Waals surface area contributed by atoms with Gasteiger partial charge < -0.3 is 14.5 Å². The number of hydrogen-bond donors (Lipinski definition) is 1. The van der Waals surface area contributed by atoms with E-state index in [0.29, 0.717) is 36.6 Å². The number of imide groups is 1. The molecule has 9 heteroatoms. The zero-order valence-electron chi connectivity index (χ0n) is 21.8. The molecule has 3 heterocycles. The van der Waals surface area contributed by atoms with Gasteiger partial charge in [-0.25, -0.2) is 4.79 Å². The molecule has 1 atom stereocenters. The van der Waals surface area contributed by atoms with Crippen LogP contribution >= 0.6 is 0 Å². The first-order valence-electron chi connectivity index (χ1n) is 12.5. The lowest BCUT2D eigenvalue weighted by Crippen LogP contribution is -2.54. The number of nitrogens with zero attached hydrogens (tertiary/aromatic N) is 4. The van der Waals surface area contributed by atoms with Crippen LogP contribution in [0, 0.1) is 13.8 Å². The molecule has 0 radical (unpaired) electrons. The van der Waals surface area contributed by atoms with E-state index in [1.165, 1.54) is 4.90 Å². The lowest BCUT2D eigenvalue weighted by atomic mass is 9.86. The third kappa shape index (κ3) is 3.77. The fourth-order valence-electron chi connectivity index (χ4n) is 5.62. The molecule has 1 fully saturated rings. The Labute approximate surface area is 216 Å². The first-order valence-corrected chi connectivity index (χ1v) is 12.5. The Bertz CT molecular complexity index is 1410. The van der Waals surface area contributed by atoms with Crippen LogP contribution in [0.15, 0.2) is 42.5 Å². The van der Waals surface area contributed by atoms with E-state index in [9.17, 15) is 14.4 Å². The highest BCUT2D eigenvalue weighted by Gasteiger charge is 2.55. The van der Waals surface area contributed by atoms with Crippen molar-refractivity contribution in [3.8, 4) is 16.9 Å². The van der Waals surface area contributed by atoms with Gasteiger partial charge in [-0.3, -0.25) is 19.6 Å². The van der Waals surface area contributed by atoms with Crippen LogP contribution in [0.2, 0.25) is 0 Å². The van der Waals surface area contributed by atoms with Crippen LogP contribution in [0.3, 0.4) is 0 Å². The molecule has 0 saturated carbocycles. The van der Waals surface area contributed by atoms with E-state index < -0.39 is 17.5 Å². The minimum absolute atomic E-state index is 0.0419. The number of likely N-dealkylation sites (N-methyl/N-ethyl adjacent to an activating group) is 1. The van der Waals surface area contributed by atoms with E-state index in [4.69, 9.17) is 4.74 Å². The Morgan fingerprint density at radius 2 is 1.78 bits per heavy atom. The standard InChI is InChI=1S/C28H31N5O4/c1-6-33-27(36)29-26(35)28(33,16-32-15-20-10-13-22(37-7-2)14-23(20)25(32)34)21-11-8-19(9-12-21)24-17(3)30-31(5)18(24)4/h8-14H,6-7,15-16H2,1-5H3,(H,29,35,36)/t28-/m0/s1. The molecule has 5 rings (SSSR count). The van der Waals surface area contributed by atoms with E-state index in [0.717, 1.165) is 28.1 Å². The van der Waals surface area contributed by atoms with Crippen LogP contribution < -0.4 is 10.1 Å². The largest absolute Gasteiger partial charge is 0.494 e. The third-order valence-electron chi connectivity index (χ3n) is 7.47. The van der Waals surface area contributed by atoms with Gasteiger partial charge in [0.25, 0.3) is 11.8 Å². The van der Waals surface area contributed by atoms with Crippen molar-refractivity contribution in [2.75, 3.05) is 19.7 Å². The fraction of sp³-hybridized carbons (Fsp3) is 0.357. The van der Waals surface area contributed by atoms with Crippen molar-refractivity contribution in [2.45, 2.75) is 39.8 Å². The molecule has 0 bridgehead atoms. The molecule has 37 heavy (non-hydrogen) atoms. The molecule has 2 aliphatic rings. The summed E-state index contributed by atoms with van der Waals surface area (Å²) in [5, 5.41) is 7.00. The number of urea groups is 1. The van der Waals surface area contributed by atoms with Crippen LogP contribution in [-0.2, 0) is 23.9 Å². The molecule has 3 aromatic rings. The van der Waals surface area contributed by atoms with Gasteiger partial charge in [0.2, 0.25) is 0 Å². The normalized spacial score (nSPS) is 19.0. The van der Waals surface area contributed by atoms with Gasteiger partial charge >= 0.3 is 6.03 Å². The summed E-state index contributed by atoms with van der Waals surface area (Å²) in [4.78, 5) is 42.9. The quantitative estimate of drug-likeness (QED) is 0.500. The molecule has 9 nitrogen and oxygen atoms in total. The van der Waals surface area contributed by atoms with Gasteiger partial charge in [0.1, 0.15) is 5.75 Å². The number of benzene rings is 2. The van der Waals surface area contributed by atoms with Crippen LogP contribution in [0.4, 0.5) is 4.79 Å². The highest BCUT2D eigenvalue weighted by Crippen LogP contribution is 2.38. The van der Waals surface area contributed by atoms with Gasteiger partial charge in [-0.2, -0.15) is 5.10 Å². The van der Waals surface area contributed by atoms with E-state index in [1.54, 1.807) is 11.0 Å². The van der Waals surface area contributed by atoms with Crippen molar-refractivity contribution in [1.82, 2.24) is 24.9 Å². The number of hydrogen-bond acceptors (Lipinski definition) is 5. The molecular weight excluding hydrogens is 470 g/mol. The molecule has 2 aromatic carbocycles. The SMILES string of the molecule is CCOc1ccc2c(c1)C(=O)N(C[C@]1(c3ccc(-c4c(C)nn(C)c4C)cc3)C(=O)NC(=O)N1CC)C2. The predicted molar refractivity (Wildman–Crippen MR) is 138 cm³/mol. The Morgan fingerprint density at radius 3 is 2.41 bits per heavy atom. The van der Waals surface area contributed by atoms with Gasteiger partial charge in [0.15, 0.2) is 5.54 Å². The number of ether oxygens (including phenoxy) is 1. The average molecular weight is 502 g/mol. The Balaban J connectivity index is 1.54. The summed E-state index contributed by atoms with van der Waals surface area (Å²) < 4.78 is 7.42.